The third-order valence-corrected chi connectivity index (χ3v) is 6.81. The molecule has 0 N–H and O–H groups in total. The molecule has 0 saturated heterocycles. The molecular formula is C24H27F2N3O2+2. The predicted octanol–water partition coefficient (Wildman–Crippen LogP) is 3.82. The second-order valence-electron chi connectivity index (χ2n) is 8.14. The van der Waals surface area contributed by atoms with Gasteiger partial charge >= 0.3 is 17.9 Å². The number of halogens is 2. The van der Waals surface area contributed by atoms with Crippen LogP contribution in [0.4, 0.5) is 8.78 Å². The van der Waals surface area contributed by atoms with Gasteiger partial charge in [-0.15, -0.1) is 4.68 Å². The average molecular weight is 427 g/mol. The Hall–Kier alpha value is -3.09. The van der Waals surface area contributed by atoms with Gasteiger partial charge in [-0.25, -0.2) is 13.6 Å². The number of hydrogen-bond acceptors (Lipinski definition) is 2. The number of ether oxygens (including phenoxy) is 1. The van der Waals surface area contributed by atoms with Crippen molar-refractivity contribution in [2.24, 2.45) is 14.1 Å². The van der Waals surface area contributed by atoms with Gasteiger partial charge in [0.2, 0.25) is 5.69 Å². The molecule has 1 unspecified atom stereocenters. The Morgan fingerprint density at radius 1 is 1.19 bits per heavy atom. The lowest BCUT2D eigenvalue weighted by Gasteiger charge is -2.39. The number of carbonyl (C=O) groups excluding carboxylic acids is 1. The van der Waals surface area contributed by atoms with Gasteiger partial charge in [0.1, 0.15) is 11.6 Å². The maximum absolute atomic E-state index is 15.0. The zero-order valence-electron chi connectivity index (χ0n) is 18.4. The van der Waals surface area contributed by atoms with Crippen LogP contribution in [-0.2, 0) is 24.2 Å². The Morgan fingerprint density at radius 3 is 2.52 bits per heavy atom. The number of pyridine rings is 1. The molecule has 1 aromatic carbocycles. The Morgan fingerprint density at radius 2 is 1.90 bits per heavy atom. The maximum atomic E-state index is 15.0. The predicted molar refractivity (Wildman–Crippen MR) is 110 cm³/mol. The number of nitrogens with zero attached hydrogens (tertiary/aromatic N) is 3. The van der Waals surface area contributed by atoms with E-state index >= 15 is 4.39 Å². The third kappa shape index (κ3) is 3.06. The maximum Gasteiger partial charge on any atom is 0.411 e. The SMILES string of the molecule is CCC1(CC)c2cc(F)cc(F)c2-c2cccc[n+]2C1OC(=O)c1cc(C)n(C)[n+]1C. The van der Waals surface area contributed by atoms with Crippen LogP contribution in [0.25, 0.3) is 11.3 Å². The minimum atomic E-state index is -0.782. The highest BCUT2D eigenvalue weighted by molar-refractivity contribution is 5.86. The summed E-state index contributed by atoms with van der Waals surface area (Å²) in [6.07, 6.45) is 2.12. The number of fused-ring (bicyclic) bond motifs is 3. The van der Waals surface area contributed by atoms with E-state index in [4.69, 9.17) is 4.74 Å². The summed E-state index contributed by atoms with van der Waals surface area (Å²) in [5.74, 6) is -1.73. The first kappa shape index (κ1) is 21.2. The van der Waals surface area contributed by atoms with Crippen LogP contribution >= 0.6 is 0 Å². The summed E-state index contributed by atoms with van der Waals surface area (Å²) in [4.78, 5) is 13.3. The smallest absolute Gasteiger partial charge is 0.393 e. The molecule has 2 aromatic heterocycles. The zero-order chi connectivity index (χ0) is 22.5. The molecule has 4 rings (SSSR count). The van der Waals surface area contributed by atoms with Crippen molar-refractivity contribution in [1.29, 1.82) is 0 Å². The highest BCUT2D eigenvalue weighted by Gasteiger charge is 2.54. The Labute approximate surface area is 180 Å². The number of rotatable bonds is 4. The van der Waals surface area contributed by atoms with E-state index in [-0.39, 0.29) is 0 Å². The lowest BCUT2D eigenvalue weighted by atomic mass is 9.69. The van der Waals surface area contributed by atoms with Crippen LogP contribution in [0.5, 0.6) is 0 Å². The van der Waals surface area contributed by atoms with E-state index in [1.165, 1.54) is 6.07 Å². The lowest BCUT2D eigenvalue weighted by molar-refractivity contribution is -0.765. The summed E-state index contributed by atoms with van der Waals surface area (Å²) in [5, 5.41) is 0. The Bertz CT molecular complexity index is 1180. The van der Waals surface area contributed by atoms with Crippen molar-refractivity contribution in [3.05, 3.63) is 71.2 Å². The van der Waals surface area contributed by atoms with Gasteiger partial charge < -0.3 is 4.74 Å². The highest BCUT2D eigenvalue weighted by Crippen LogP contribution is 2.48. The lowest BCUT2D eigenvalue weighted by Crippen LogP contribution is -2.58. The standard InChI is InChI=1S/C24H27F2N3O2/c1-6-24(7-2)17-13-16(25)14-18(26)21(17)19-10-8-9-11-29(19)23(24)31-22(30)20-12-15(3)27(4)28(20)5/h8-14,23H,6-7H2,1-5H3/q+2. The Balaban J connectivity index is 1.92. The topological polar surface area (TPSA) is 39.0 Å². The van der Waals surface area contributed by atoms with Gasteiger partial charge in [-0.2, -0.15) is 9.25 Å². The molecule has 3 heterocycles. The van der Waals surface area contributed by atoms with Gasteiger partial charge in [0, 0.05) is 24.3 Å². The Kier molecular flexibility index (Phi) is 5.15. The normalized spacial score (nSPS) is 16.5. The van der Waals surface area contributed by atoms with Crippen molar-refractivity contribution in [2.75, 3.05) is 0 Å². The molecule has 0 aliphatic carbocycles. The second kappa shape index (κ2) is 7.55. The second-order valence-corrected chi connectivity index (χ2v) is 8.14. The summed E-state index contributed by atoms with van der Waals surface area (Å²) in [7, 11) is 3.65. The van der Waals surface area contributed by atoms with E-state index < -0.39 is 29.2 Å². The molecule has 7 heteroatoms. The molecule has 0 radical (unpaired) electrons. The van der Waals surface area contributed by atoms with Crippen molar-refractivity contribution in [1.82, 2.24) is 4.68 Å². The number of aromatic nitrogens is 3. The fraction of sp³-hybridized carbons (Fsp3) is 0.375. The van der Waals surface area contributed by atoms with Gasteiger partial charge in [-0.05, 0) is 37.5 Å². The first-order valence-corrected chi connectivity index (χ1v) is 10.5. The molecule has 31 heavy (non-hydrogen) atoms. The van der Waals surface area contributed by atoms with Crippen LogP contribution in [0.2, 0.25) is 0 Å². The van der Waals surface area contributed by atoms with Crippen LogP contribution in [0, 0.1) is 18.6 Å². The average Bonchev–Trinajstić information content (AvgIpc) is 3.01. The quantitative estimate of drug-likeness (QED) is 0.469. The molecule has 0 fully saturated rings. The van der Waals surface area contributed by atoms with Crippen molar-refractivity contribution in [2.45, 2.75) is 45.3 Å². The van der Waals surface area contributed by atoms with Crippen LogP contribution in [0.3, 0.4) is 0 Å². The fourth-order valence-electron chi connectivity index (χ4n) is 4.78. The first-order valence-electron chi connectivity index (χ1n) is 10.5. The van der Waals surface area contributed by atoms with Crippen LogP contribution < -0.4 is 9.25 Å². The fourth-order valence-corrected chi connectivity index (χ4v) is 4.78. The molecule has 162 valence electrons. The van der Waals surface area contributed by atoms with Crippen LogP contribution in [0.15, 0.2) is 42.6 Å². The van der Waals surface area contributed by atoms with Crippen molar-refractivity contribution < 1.29 is 27.6 Å². The molecule has 0 amide bonds. The minimum Gasteiger partial charge on any atom is -0.393 e. The molecule has 0 bridgehead atoms. The molecule has 5 nitrogen and oxygen atoms in total. The van der Waals surface area contributed by atoms with E-state index in [0.717, 1.165) is 11.8 Å². The van der Waals surface area contributed by atoms with E-state index in [1.807, 2.05) is 38.6 Å². The number of carbonyl (C=O) groups is 1. The molecule has 0 spiro atoms. The van der Waals surface area contributed by atoms with E-state index in [2.05, 4.69) is 0 Å². The summed E-state index contributed by atoms with van der Waals surface area (Å²) in [6, 6.07) is 9.44. The number of aryl methyl sites for hydroxylation is 1. The zero-order valence-corrected chi connectivity index (χ0v) is 18.4. The largest absolute Gasteiger partial charge is 0.411 e. The van der Waals surface area contributed by atoms with E-state index in [1.54, 1.807) is 40.7 Å². The summed E-state index contributed by atoms with van der Waals surface area (Å²) in [6.45, 7) is 5.82. The van der Waals surface area contributed by atoms with E-state index in [0.29, 0.717) is 35.4 Å². The van der Waals surface area contributed by atoms with Gasteiger partial charge in [0.05, 0.1) is 23.7 Å². The molecule has 1 aliphatic rings. The number of esters is 1. The van der Waals surface area contributed by atoms with Crippen molar-refractivity contribution >= 4 is 5.97 Å². The van der Waals surface area contributed by atoms with Crippen LogP contribution in [0.1, 0.15) is 54.7 Å². The molecule has 3 aromatic rings. The third-order valence-electron chi connectivity index (χ3n) is 6.81. The molecule has 1 aliphatic heterocycles. The number of benzene rings is 1. The van der Waals surface area contributed by atoms with Crippen LogP contribution in [-0.4, -0.2) is 10.7 Å². The van der Waals surface area contributed by atoms with Gasteiger partial charge in [0.15, 0.2) is 13.2 Å². The monoisotopic (exact) mass is 427 g/mol. The summed E-state index contributed by atoms with van der Waals surface area (Å²) < 4.78 is 40.9. The first-order chi connectivity index (χ1) is 14.7. The summed E-state index contributed by atoms with van der Waals surface area (Å²) in [5.41, 5.74) is 1.99. The molecule has 0 saturated carbocycles. The van der Waals surface area contributed by atoms with Crippen molar-refractivity contribution in [3.63, 3.8) is 0 Å². The number of hydrogen-bond donors (Lipinski definition) is 0. The van der Waals surface area contributed by atoms with Gasteiger partial charge in [-0.3, -0.25) is 0 Å². The molecular weight excluding hydrogens is 400 g/mol. The molecule has 1 atom stereocenters. The summed E-state index contributed by atoms with van der Waals surface area (Å²) >= 11 is 0. The van der Waals surface area contributed by atoms with Crippen molar-refractivity contribution in [3.8, 4) is 11.3 Å². The van der Waals surface area contributed by atoms with Gasteiger partial charge in [-0.1, -0.05) is 13.8 Å². The van der Waals surface area contributed by atoms with Gasteiger partial charge in [0.25, 0.3) is 0 Å². The van der Waals surface area contributed by atoms with E-state index in [9.17, 15) is 9.18 Å². The minimum absolute atomic E-state index is 0.360. The highest BCUT2D eigenvalue weighted by atomic mass is 19.1.